The number of nitrogens with zero attached hydrogens (tertiary/aromatic N) is 4. The van der Waals surface area contributed by atoms with Crippen LogP contribution in [0.5, 0.6) is 0 Å². The van der Waals surface area contributed by atoms with Gasteiger partial charge in [-0.2, -0.15) is 0 Å². The second kappa shape index (κ2) is 7.90. The standard InChI is InChI=1S/C25H20N6OS/c1-2-31-20-10-6-4-7-16(20)18-13-15(11-12-21(18)31)26-22(32)14-33-25-28-24-23(29-30-25)17-8-3-5-9-19(17)27-24/h3-13H,2,14H2,1H3,(H,26,32)(H,27,28,30). The number of fused-ring (bicyclic) bond motifs is 6. The molecule has 0 radical (unpaired) electrons. The number of hydrogen-bond acceptors (Lipinski definition) is 5. The summed E-state index contributed by atoms with van der Waals surface area (Å²) in [6.07, 6.45) is 0. The third-order valence-corrected chi connectivity index (χ3v) is 6.64. The van der Waals surface area contributed by atoms with Crippen LogP contribution < -0.4 is 5.32 Å². The summed E-state index contributed by atoms with van der Waals surface area (Å²) in [5.41, 5.74) is 5.51. The van der Waals surface area contributed by atoms with Gasteiger partial charge in [0.25, 0.3) is 0 Å². The molecule has 0 aliphatic rings. The van der Waals surface area contributed by atoms with Crippen LogP contribution in [0, 0.1) is 0 Å². The van der Waals surface area contributed by atoms with Crippen LogP contribution in [0.25, 0.3) is 43.9 Å². The van der Waals surface area contributed by atoms with E-state index in [1.54, 1.807) is 0 Å². The van der Waals surface area contributed by atoms with Crippen molar-refractivity contribution in [2.24, 2.45) is 0 Å². The van der Waals surface area contributed by atoms with E-state index in [0.29, 0.717) is 10.8 Å². The Kier molecular flexibility index (Phi) is 4.73. The molecule has 6 rings (SSSR count). The number of aryl methyl sites for hydroxylation is 1. The lowest BCUT2D eigenvalue weighted by molar-refractivity contribution is -0.113. The fourth-order valence-corrected chi connectivity index (χ4v) is 4.95. The molecule has 0 aliphatic heterocycles. The van der Waals surface area contributed by atoms with Gasteiger partial charge >= 0.3 is 0 Å². The van der Waals surface area contributed by atoms with Crippen LogP contribution in [-0.2, 0) is 11.3 Å². The van der Waals surface area contributed by atoms with E-state index < -0.39 is 0 Å². The zero-order chi connectivity index (χ0) is 22.4. The fraction of sp³-hybridized carbons (Fsp3) is 0.120. The van der Waals surface area contributed by atoms with Crippen molar-refractivity contribution < 1.29 is 4.79 Å². The third-order valence-electron chi connectivity index (χ3n) is 5.81. The van der Waals surface area contributed by atoms with E-state index in [0.717, 1.165) is 39.6 Å². The highest BCUT2D eigenvalue weighted by molar-refractivity contribution is 7.99. The number of nitrogens with one attached hydrogen (secondary N) is 2. The first-order chi connectivity index (χ1) is 16.2. The summed E-state index contributed by atoms with van der Waals surface area (Å²) < 4.78 is 2.29. The minimum Gasteiger partial charge on any atom is -0.341 e. The van der Waals surface area contributed by atoms with Crippen molar-refractivity contribution >= 4 is 67.2 Å². The number of para-hydroxylation sites is 2. The molecule has 8 heteroatoms. The Morgan fingerprint density at radius 1 is 0.970 bits per heavy atom. The predicted molar refractivity (Wildman–Crippen MR) is 134 cm³/mol. The molecule has 6 aromatic rings. The number of H-pyrrole nitrogens is 1. The molecule has 0 saturated heterocycles. The average molecular weight is 453 g/mol. The summed E-state index contributed by atoms with van der Waals surface area (Å²) in [6.45, 7) is 3.03. The average Bonchev–Trinajstić information content (AvgIpc) is 3.37. The number of carbonyl (C=O) groups is 1. The maximum atomic E-state index is 12.6. The fourth-order valence-electron chi connectivity index (χ4n) is 4.37. The van der Waals surface area contributed by atoms with Crippen molar-refractivity contribution in [1.29, 1.82) is 0 Å². The van der Waals surface area contributed by atoms with E-state index in [1.165, 1.54) is 22.7 Å². The number of amides is 1. The quantitative estimate of drug-likeness (QED) is 0.344. The van der Waals surface area contributed by atoms with E-state index in [1.807, 2.05) is 42.5 Å². The van der Waals surface area contributed by atoms with Gasteiger partial charge in [-0.05, 0) is 37.3 Å². The van der Waals surface area contributed by atoms with Crippen LogP contribution in [-0.4, -0.2) is 36.4 Å². The molecular weight excluding hydrogens is 432 g/mol. The van der Waals surface area contributed by atoms with Crippen LogP contribution in [0.15, 0.2) is 71.9 Å². The predicted octanol–water partition coefficient (Wildman–Crippen LogP) is 5.36. The van der Waals surface area contributed by atoms with Crippen molar-refractivity contribution in [3.8, 4) is 0 Å². The Hall–Kier alpha value is -3.91. The van der Waals surface area contributed by atoms with Crippen molar-refractivity contribution in [1.82, 2.24) is 24.7 Å². The molecule has 0 unspecified atom stereocenters. The highest BCUT2D eigenvalue weighted by Crippen LogP contribution is 2.31. The van der Waals surface area contributed by atoms with Gasteiger partial charge in [0.05, 0.1) is 5.75 Å². The maximum absolute atomic E-state index is 12.6. The first-order valence-electron chi connectivity index (χ1n) is 10.8. The lowest BCUT2D eigenvalue weighted by Gasteiger charge is -2.06. The normalized spacial score (nSPS) is 11.7. The van der Waals surface area contributed by atoms with E-state index in [9.17, 15) is 4.79 Å². The maximum Gasteiger partial charge on any atom is 0.234 e. The number of thioether (sulfide) groups is 1. The number of aromatic nitrogens is 5. The first kappa shape index (κ1) is 19.8. The molecule has 0 saturated carbocycles. The summed E-state index contributed by atoms with van der Waals surface area (Å²) in [5.74, 6) is 0.0845. The summed E-state index contributed by atoms with van der Waals surface area (Å²) in [6, 6.07) is 22.3. The lowest BCUT2D eigenvalue weighted by atomic mass is 10.1. The molecule has 162 valence electrons. The van der Waals surface area contributed by atoms with E-state index in [-0.39, 0.29) is 11.7 Å². The molecule has 0 fully saturated rings. The van der Waals surface area contributed by atoms with Gasteiger partial charge < -0.3 is 14.9 Å². The SMILES string of the molecule is CCn1c2ccccc2c2cc(NC(=O)CSc3nnc4c(n3)[nH]c3ccccc34)ccc21. The molecule has 3 aromatic heterocycles. The topological polar surface area (TPSA) is 88.5 Å². The van der Waals surface area contributed by atoms with Gasteiger partial charge in [-0.15, -0.1) is 10.2 Å². The molecule has 3 heterocycles. The van der Waals surface area contributed by atoms with Gasteiger partial charge in [0, 0.05) is 44.9 Å². The number of hydrogen-bond donors (Lipinski definition) is 2. The van der Waals surface area contributed by atoms with Crippen LogP contribution >= 0.6 is 11.8 Å². The molecule has 0 aliphatic carbocycles. The van der Waals surface area contributed by atoms with Gasteiger partial charge in [0.15, 0.2) is 5.65 Å². The van der Waals surface area contributed by atoms with Gasteiger partial charge in [-0.3, -0.25) is 4.79 Å². The molecule has 3 aromatic carbocycles. The van der Waals surface area contributed by atoms with Crippen molar-refractivity contribution in [2.75, 3.05) is 11.1 Å². The van der Waals surface area contributed by atoms with Crippen LogP contribution in [0.3, 0.4) is 0 Å². The smallest absolute Gasteiger partial charge is 0.234 e. The Morgan fingerprint density at radius 2 is 1.76 bits per heavy atom. The molecular formula is C25H20N6OS. The Morgan fingerprint density at radius 3 is 2.64 bits per heavy atom. The Bertz CT molecular complexity index is 1670. The van der Waals surface area contributed by atoms with Crippen molar-refractivity contribution in [3.05, 3.63) is 66.7 Å². The molecule has 0 bridgehead atoms. The van der Waals surface area contributed by atoms with Crippen LogP contribution in [0.1, 0.15) is 6.92 Å². The van der Waals surface area contributed by atoms with E-state index in [2.05, 4.69) is 61.2 Å². The number of carbonyl (C=O) groups excluding carboxylic acids is 1. The number of anilines is 1. The van der Waals surface area contributed by atoms with E-state index >= 15 is 0 Å². The Balaban J connectivity index is 1.21. The molecule has 0 atom stereocenters. The summed E-state index contributed by atoms with van der Waals surface area (Å²) >= 11 is 1.27. The molecule has 33 heavy (non-hydrogen) atoms. The summed E-state index contributed by atoms with van der Waals surface area (Å²) in [7, 11) is 0. The molecule has 0 spiro atoms. The molecule has 7 nitrogen and oxygen atoms in total. The summed E-state index contributed by atoms with van der Waals surface area (Å²) in [5, 5.41) is 15.3. The minimum absolute atomic E-state index is 0.112. The second-order valence-electron chi connectivity index (χ2n) is 7.79. The number of rotatable bonds is 5. The minimum atomic E-state index is -0.112. The lowest BCUT2D eigenvalue weighted by Crippen LogP contribution is -2.14. The van der Waals surface area contributed by atoms with Crippen LogP contribution in [0.4, 0.5) is 5.69 Å². The number of benzene rings is 3. The van der Waals surface area contributed by atoms with Gasteiger partial charge in [-0.25, -0.2) is 4.98 Å². The second-order valence-corrected chi connectivity index (χ2v) is 8.73. The zero-order valence-electron chi connectivity index (χ0n) is 17.9. The zero-order valence-corrected chi connectivity index (χ0v) is 18.7. The third kappa shape index (κ3) is 3.39. The molecule has 1 amide bonds. The summed E-state index contributed by atoms with van der Waals surface area (Å²) in [4.78, 5) is 20.4. The monoisotopic (exact) mass is 452 g/mol. The first-order valence-corrected chi connectivity index (χ1v) is 11.7. The van der Waals surface area contributed by atoms with Crippen molar-refractivity contribution in [2.45, 2.75) is 18.6 Å². The van der Waals surface area contributed by atoms with E-state index in [4.69, 9.17) is 0 Å². The van der Waals surface area contributed by atoms with Gasteiger partial charge in [-0.1, -0.05) is 48.2 Å². The highest BCUT2D eigenvalue weighted by atomic mass is 32.2. The largest absolute Gasteiger partial charge is 0.341 e. The van der Waals surface area contributed by atoms with Crippen LogP contribution in [0.2, 0.25) is 0 Å². The molecule has 2 N–H and O–H groups in total. The van der Waals surface area contributed by atoms with Gasteiger partial charge in [0.1, 0.15) is 5.52 Å². The number of aromatic amines is 1. The van der Waals surface area contributed by atoms with Gasteiger partial charge in [0.2, 0.25) is 11.1 Å². The van der Waals surface area contributed by atoms with Crippen molar-refractivity contribution in [3.63, 3.8) is 0 Å². The highest BCUT2D eigenvalue weighted by Gasteiger charge is 2.13. The Labute approximate surface area is 193 Å².